The molecule has 0 heterocycles. The number of ether oxygens (including phenoxy) is 1. The van der Waals surface area contributed by atoms with Gasteiger partial charge in [-0.2, -0.15) is 0 Å². The SMILES string of the molecule is CCOC(=O)[C@](C)(NC(=O)CS(=O)(=O)CC(C)C)C(C)C. The smallest absolute Gasteiger partial charge is 0.331 e. The predicted octanol–water partition coefficient (Wildman–Crippen LogP) is 1.15. The van der Waals surface area contributed by atoms with Gasteiger partial charge in [0.25, 0.3) is 0 Å². The van der Waals surface area contributed by atoms with Crippen LogP contribution in [0.25, 0.3) is 0 Å². The van der Waals surface area contributed by atoms with Gasteiger partial charge in [0.15, 0.2) is 9.84 Å². The Balaban J connectivity index is 4.97. The number of hydrogen-bond donors (Lipinski definition) is 1. The van der Waals surface area contributed by atoms with Crippen molar-refractivity contribution in [1.82, 2.24) is 5.32 Å². The summed E-state index contributed by atoms with van der Waals surface area (Å²) in [4.78, 5) is 24.0. The van der Waals surface area contributed by atoms with Crippen LogP contribution in [-0.4, -0.2) is 43.9 Å². The Labute approximate surface area is 127 Å². The molecule has 0 fully saturated rings. The second-order valence-corrected chi connectivity index (χ2v) is 8.18. The summed E-state index contributed by atoms with van der Waals surface area (Å²) in [6.45, 7) is 10.5. The van der Waals surface area contributed by atoms with Crippen LogP contribution in [0, 0.1) is 11.8 Å². The Hall–Kier alpha value is -1.11. The molecule has 0 aliphatic heterocycles. The fraction of sp³-hybridized carbons (Fsp3) is 0.857. The van der Waals surface area contributed by atoms with Crippen LogP contribution in [0.5, 0.6) is 0 Å². The van der Waals surface area contributed by atoms with Crippen LogP contribution in [0.3, 0.4) is 0 Å². The highest BCUT2D eigenvalue weighted by atomic mass is 32.2. The van der Waals surface area contributed by atoms with Crippen LogP contribution < -0.4 is 5.32 Å². The van der Waals surface area contributed by atoms with Gasteiger partial charge in [-0.25, -0.2) is 13.2 Å². The molecule has 0 aliphatic carbocycles. The molecule has 0 bridgehead atoms. The molecule has 0 aliphatic rings. The van der Waals surface area contributed by atoms with E-state index in [2.05, 4.69) is 5.32 Å². The largest absolute Gasteiger partial charge is 0.464 e. The quantitative estimate of drug-likeness (QED) is 0.677. The van der Waals surface area contributed by atoms with Crippen LogP contribution in [0.1, 0.15) is 41.5 Å². The van der Waals surface area contributed by atoms with Crippen molar-refractivity contribution in [3.8, 4) is 0 Å². The van der Waals surface area contributed by atoms with Crippen molar-refractivity contribution in [3.63, 3.8) is 0 Å². The lowest BCUT2D eigenvalue weighted by Gasteiger charge is -2.32. The van der Waals surface area contributed by atoms with Crippen LogP contribution in [0.4, 0.5) is 0 Å². The number of esters is 1. The van der Waals surface area contributed by atoms with Gasteiger partial charge >= 0.3 is 5.97 Å². The standard InChI is InChI=1S/C14H27NO5S/c1-7-20-13(17)14(6,11(4)5)15-12(16)9-21(18,19)8-10(2)3/h10-11H,7-9H2,1-6H3,(H,15,16)/t14-/m1/s1. The zero-order chi connectivity index (χ0) is 16.8. The average molecular weight is 321 g/mol. The Morgan fingerprint density at radius 3 is 2.10 bits per heavy atom. The molecule has 6 nitrogen and oxygen atoms in total. The van der Waals surface area contributed by atoms with E-state index in [1.807, 2.05) is 0 Å². The minimum Gasteiger partial charge on any atom is -0.464 e. The summed E-state index contributed by atoms with van der Waals surface area (Å²) >= 11 is 0. The van der Waals surface area contributed by atoms with Gasteiger partial charge in [0, 0.05) is 0 Å². The van der Waals surface area contributed by atoms with Gasteiger partial charge in [0.2, 0.25) is 5.91 Å². The molecule has 0 radical (unpaired) electrons. The first-order valence-corrected chi connectivity index (χ1v) is 8.95. The summed E-state index contributed by atoms with van der Waals surface area (Å²) < 4.78 is 28.6. The van der Waals surface area contributed by atoms with Crippen molar-refractivity contribution in [2.75, 3.05) is 18.1 Å². The highest BCUT2D eigenvalue weighted by molar-refractivity contribution is 7.92. The van der Waals surface area contributed by atoms with Crippen LogP contribution in [0.2, 0.25) is 0 Å². The summed E-state index contributed by atoms with van der Waals surface area (Å²) in [5, 5.41) is 2.51. The van der Waals surface area contributed by atoms with Gasteiger partial charge in [0.1, 0.15) is 11.3 Å². The number of amides is 1. The number of hydrogen-bond acceptors (Lipinski definition) is 5. The van der Waals surface area contributed by atoms with Gasteiger partial charge in [-0.1, -0.05) is 27.7 Å². The van der Waals surface area contributed by atoms with E-state index in [1.54, 1.807) is 41.5 Å². The maximum Gasteiger partial charge on any atom is 0.331 e. The van der Waals surface area contributed by atoms with Gasteiger partial charge in [0.05, 0.1) is 12.4 Å². The molecule has 0 spiro atoms. The van der Waals surface area contributed by atoms with Crippen molar-refractivity contribution in [2.24, 2.45) is 11.8 Å². The number of sulfone groups is 1. The second kappa shape index (κ2) is 7.77. The summed E-state index contributed by atoms with van der Waals surface area (Å²) in [5.74, 6) is -2.20. The van der Waals surface area contributed by atoms with Crippen molar-refractivity contribution < 1.29 is 22.7 Å². The van der Waals surface area contributed by atoms with Gasteiger partial charge in [-0.3, -0.25) is 4.79 Å². The molecule has 7 heteroatoms. The molecular formula is C14H27NO5S. The number of carbonyl (C=O) groups is 2. The lowest BCUT2D eigenvalue weighted by atomic mass is 9.88. The molecule has 1 atom stereocenters. The number of nitrogens with one attached hydrogen (secondary N) is 1. The molecular weight excluding hydrogens is 294 g/mol. The molecule has 0 rings (SSSR count). The van der Waals surface area contributed by atoms with E-state index in [-0.39, 0.29) is 24.2 Å². The molecule has 0 saturated heterocycles. The lowest BCUT2D eigenvalue weighted by Crippen LogP contribution is -2.57. The molecule has 0 aromatic carbocycles. The molecule has 21 heavy (non-hydrogen) atoms. The Bertz CT molecular complexity index is 470. The fourth-order valence-electron chi connectivity index (χ4n) is 1.80. The monoisotopic (exact) mass is 321 g/mol. The van der Waals surface area contributed by atoms with Gasteiger partial charge in [-0.05, 0) is 25.7 Å². The molecule has 0 saturated carbocycles. The highest BCUT2D eigenvalue weighted by Crippen LogP contribution is 2.18. The average Bonchev–Trinajstić information content (AvgIpc) is 2.25. The first-order valence-electron chi connectivity index (χ1n) is 7.13. The number of rotatable bonds is 8. The second-order valence-electron chi connectivity index (χ2n) is 6.07. The van der Waals surface area contributed by atoms with Crippen LogP contribution in [0.15, 0.2) is 0 Å². The van der Waals surface area contributed by atoms with E-state index in [1.165, 1.54) is 0 Å². The lowest BCUT2D eigenvalue weighted by molar-refractivity contribution is -0.154. The normalized spacial score (nSPS) is 14.9. The molecule has 1 N–H and O–H groups in total. The molecule has 0 aromatic rings. The maximum absolute atomic E-state index is 12.0. The van der Waals surface area contributed by atoms with Crippen molar-refractivity contribution in [3.05, 3.63) is 0 Å². The fourth-order valence-corrected chi connectivity index (χ4v) is 3.41. The summed E-state index contributed by atoms with van der Waals surface area (Å²) in [6.07, 6.45) is 0. The topological polar surface area (TPSA) is 89.5 Å². The minimum absolute atomic E-state index is 0.0515. The third-order valence-corrected chi connectivity index (χ3v) is 5.07. The van der Waals surface area contributed by atoms with E-state index >= 15 is 0 Å². The highest BCUT2D eigenvalue weighted by Gasteiger charge is 2.40. The van der Waals surface area contributed by atoms with Gasteiger partial charge < -0.3 is 10.1 Å². The maximum atomic E-state index is 12.0. The Kier molecular flexibility index (Phi) is 7.36. The third kappa shape index (κ3) is 6.46. The molecule has 0 aromatic heterocycles. The van der Waals surface area contributed by atoms with Crippen LogP contribution in [-0.2, 0) is 24.2 Å². The Morgan fingerprint density at radius 2 is 1.71 bits per heavy atom. The van der Waals surface area contributed by atoms with Crippen molar-refractivity contribution in [1.29, 1.82) is 0 Å². The van der Waals surface area contributed by atoms with Crippen LogP contribution >= 0.6 is 0 Å². The van der Waals surface area contributed by atoms with Gasteiger partial charge in [-0.15, -0.1) is 0 Å². The van der Waals surface area contributed by atoms with E-state index in [9.17, 15) is 18.0 Å². The van der Waals surface area contributed by atoms with E-state index in [0.717, 1.165) is 0 Å². The van der Waals surface area contributed by atoms with Crippen molar-refractivity contribution in [2.45, 2.75) is 47.1 Å². The number of carbonyl (C=O) groups excluding carboxylic acids is 2. The first kappa shape index (κ1) is 19.9. The molecule has 124 valence electrons. The third-order valence-electron chi connectivity index (χ3n) is 3.19. The summed E-state index contributed by atoms with van der Waals surface area (Å²) in [5.41, 5.74) is -1.24. The van der Waals surface area contributed by atoms with Crippen molar-refractivity contribution >= 4 is 21.7 Å². The predicted molar refractivity (Wildman–Crippen MR) is 81.5 cm³/mol. The summed E-state index contributed by atoms with van der Waals surface area (Å²) in [7, 11) is -3.48. The van der Waals surface area contributed by atoms with E-state index < -0.39 is 33.0 Å². The Morgan fingerprint density at radius 1 is 1.19 bits per heavy atom. The molecule has 1 amide bonds. The minimum atomic E-state index is -3.48. The molecule has 0 unspecified atom stereocenters. The first-order chi connectivity index (χ1) is 9.44. The zero-order valence-corrected chi connectivity index (χ0v) is 14.5. The zero-order valence-electron chi connectivity index (χ0n) is 13.7. The summed E-state index contributed by atoms with van der Waals surface area (Å²) in [6, 6.07) is 0. The van der Waals surface area contributed by atoms with E-state index in [0.29, 0.717) is 0 Å². The van der Waals surface area contributed by atoms with E-state index in [4.69, 9.17) is 4.74 Å².